The lowest BCUT2D eigenvalue weighted by Gasteiger charge is -2.17. The van der Waals surface area contributed by atoms with Gasteiger partial charge >= 0.3 is 0 Å². The molecule has 5 heteroatoms. The molecule has 2 aromatic carbocycles. The first kappa shape index (κ1) is 18.1. The van der Waals surface area contributed by atoms with E-state index in [9.17, 15) is 4.79 Å². The Balaban J connectivity index is 1.58. The van der Waals surface area contributed by atoms with Crippen molar-refractivity contribution in [2.45, 2.75) is 44.8 Å². The number of rotatable bonds is 7. The van der Waals surface area contributed by atoms with E-state index < -0.39 is 0 Å². The average molecular weight is 354 g/mol. The van der Waals surface area contributed by atoms with E-state index in [-0.39, 0.29) is 12.0 Å². The Morgan fingerprint density at radius 2 is 1.77 bits per heavy atom. The smallest absolute Gasteiger partial charge is 0.224 e. The van der Waals surface area contributed by atoms with Crippen molar-refractivity contribution in [2.75, 3.05) is 12.8 Å². The summed E-state index contributed by atoms with van der Waals surface area (Å²) in [6, 6.07) is 13.2. The van der Waals surface area contributed by atoms with E-state index in [1.807, 2.05) is 30.3 Å². The van der Waals surface area contributed by atoms with Crippen LogP contribution >= 0.6 is 0 Å². The van der Waals surface area contributed by atoms with Crippen LogP contribution < -0.4 is 20.5 Å². The molecule has 2 aromatic rings. The van der Waals surface area contributed by atoms with Gasteiger partial charge in [-0.15, -0.1) is 0 Å². The van der Waals surface area contributed by atoms with Gasteiger partial charge in [0.25, 0.3) is 0 Å². The number of benzene rings is 2. The van der Waals surface area contributed by atoms with Crippen LogP contribution in [0, 0.1) is 0 Å². The number of amides is 1. The quantitative estimate of drug-likeness (QED) is 0.747. The van der Waals surface area contributed by atoms with Gasteiger partial charge in [-0.2, -0.15) is 0 Å². The van der Waals surface area contributed by atoms with Crippen LogP contribution in [0.1, 0.15) is 36.8 Å². The van der Waals surface area contributed by atoms with Crippen molar-refractivity contribution >= 4 is 11.6 Å². The Kier molecular flexibility index (Phi) is 6.00. The fraction of sp³-hybridized carbons (Fsp3) is 0.381. The van der Waals surface area contributed by atoms with Gasteiger partial charge in [0.1, 0.15) is 0 Å². The summed E-state index contributed by atoms with van der Waals surface area (Å²) in [7, 11) is 1.64. The first-order chi connectivity index (χ1) is 12.6. The lowest BCUT2D eigenvalue weighted by molar-refractivity contribution is -0.120. The molecule has 0 bridgehead atoms. The molecule has 1 amide bonds. The highest BCUT2D eigenvalue weighted by Crippen LogP contribution is 2.32. The lowest BCUT2D eigenvalue weighted by atomic mass is 10.1. The standard InChI is InChI=1S/C21H26N2O3/c1-25-19-11-8-16(12-20(19)26-18-4-2-3-5-18)14-23-21(24)13-15-6-9-17(22)10-7-15/h6-12,18H,2-5,13-14,22H2,1H3,(H,23,24). The topological polar surface area (TPSA) is 73.6 Å². The van der Waals surface area contributed by atoms with Gasteiger partial charge in [-0.05, 0) is 61.1 Å². The number of methoxy groups -OCH3 is 1. The zero-order valence-electron chi connectivity index (χ0n) is 15.2. The molecule has 0 aliphatic heterocycles. The van der Waals surface area contributed by atoms with Gasteiger partial charge in [0, 0.05) is 12.2 Å². The third-order valence-electron chi connectivity index (χ3n) is 4.66. The average Bonchev–Trinajstić information content (AvgIpc) is 3.15. The molecule has 0 radical (unpaired) electrons. The van der Waals surface area contributed by atoms with E-state index in [0.717, 1.165) is 35.5 Å². The predicted octanol–water partition coefficient (Wildman–Crippen LogP) is 3.46. The summed E-state index contributed by atoms with van der Waals surface area (Å²) in [6.45, 7) is 0.457. The molecule has 5 nitrogen and oxygen atoms in total. The maximum Gasteiger partial charge on any atom is 0.224 e. The summed E-state index contributed by atoms with van der Waals surface area (Å²) < 4.78 is 11.5. The number of nitrogen functional groups attached to an aromatic ring is 1. The Bertz CT molecular complexity index is 737. The van der Waals surface area contributed by atoms with Crippen LogP contribution in [0.2, 0.25) is 0 Å². The number of hydrogen-bond acceptors (Lipinski definition) is 4. The molecule has 0 heterocycles. The van der Waals surface area contributed by atoms with Crippen LogP contribution in [0.25, 0.3) is 0 Å². The number of carbonyl (C=O) groups is 1. The summed E-state index contributed by atoms with van der Waals surface area (Å²) in [6.07, 6.45) is 5.21. The van der Waals surface area contributed by atoms with Gasteiger partial charge in [-0.25, -0.2) is 0 Å². The summed E-state index contributed by atoms with van der Waals surface area (Å²) in [5.41, 5.74) is 8.29. The maximum absolute atomic E-state index is 12.2. The number of nitrogens with two attached hydrogens (primary N) is 1. The Morgan fingerprint density at radius 1 is 1.08 bits per heavy atom. The van der Waals surface area contributed by atoms with Crippen molar-refractivity contribution in [3.63, 3.8) is 0 Å². The van der Waals surface area contributed by atoms with Crippen molar-refractivity contribution in [1.29, 1.82) is 0 Å². The molecule has 0 unspecified atom stereocenters. The second kappa shape index (κ2) is 8.61. The predicted molar refractivity (Wildman–Crippen MR) is 102 cm³/mol. The number of nitrogens with one attached hydrogen (secondary N) is 1. The molecule has 1 saturated carbocycles. The lowest BCUT2D eigenvalue weighted by Crippen LogP contribution is -2.24. The Labute approximate surface area is 154 Å². The molecule has 0 aromatic heterocycles. The van der Waals surface area contributed by atoms with E-state index >= 15 is 0 Å². The largest absolute Gasteiger partial charge is 0.493 e. The molecule has 26 heavy (non-hydrogen) atoms. The molecule has 1 aliphatic rings. The van der Waals surface area contributed by atoms with Crippen LogP contribution in [0.3, 0.4) is 0 Å². The summed E-state index contributed by atoms with van der Waals surface area (Å²) in [4.78, 5) is 12.2. The van der Waals surface area contributed by atoms with Crippen LogP contribution in [0.4, 0.5) is 5.69 Å². The zero-order chi connectivity index (χ0) is 18.4. The zero-order valence-corrected chi connectivity index (χ0v) is 15.2. The van der Waals surface area contributed by atoms with Crippen molar-refractivity contribution in [3.8, 4) is 11.5 Å². The molecule has 1 fully saturated rings. The number of anilines is 1. The minimum atomic E-state index is -0.0242. The monoisotopic (exact) mass is 354 g/mol. The molecular formula is C21H26N2O3. The van der Waals surface area contributed by atoms with Gasteiger partial charge in [-0.1, -0.05) is 18.2 Å². The van der Waals surface area contributed by atoms with E-state index in [4.69, 9.17) is 15.2 Å². The van der Waals surface area contributed by atoms with Crippen molar-refractivity contribution in [2.24, 2.45) is 0 Å². The first-order valence-electron chi connectivity index (χ1n) is 9.09. The summed E-state index contributed by atoms with van der Waals surface area (Å²) in [5.74, 6) is 1.46. The van der Waals surface area contributed by atoms with Gasteiger partial charge in [0.2, 0.25) is 5.91 Å². The fourth-order valence-corrected chi connectivity index (χ4v) is 3.19. The van der Waals surface area contributed by atoms with Crippen LogP contribution in [-0.2, 0) is 17.8 Å². The molecule has 0 saturated heterocycles. The van der Waals surface area contributed by atoms with Crippen molar-refractivity contribution in [3.05, 3.63) is 53.6 Å². The Hall–Kier alpha value is -2.69. The SMILES string of the molecule is COc1ccc(CNC(=O)Cc2ccc(N)cc2)cc1OC1CCCC1. The van der Waals surface area contributed by atoms with E-state index in [1.165, 1.54) is 12.8 Å². The molecule has 3 N–H and O–H groups in total. The molecule has 0 atom stereocenters. The van der Waals surface area contributed by atoms with Gasteiger partial charge in [0.05, 0.1) is 19.6 Å². The van der Waals surface area contributed by atoms with Gasteiger partial charge < -0.3 is 20.5 Å². The highest BCUT2D eigenvalue weighted by atomic mass is 16.5. The molecule has 1 aliphatic carbocycles. The highest BCUT2D eigenvalue weighted by molar-refractivity contribution is 5.78. The Morgan fingerprint density at radius 3 is 2.46 bits per heavy atom. The number of hydrogen-bond donors (Lipinski definition) is 2. The summed E-state index contributed by atoms with van der Waals surface area (Å²) in [5, 5.41) is 2.95. The minimum absolute atomic E-state index is 0.0242. The van der Waals surface area contributed by atoms with E-state index in [2.05, 4.69) is 5.32 Å². The van der Waals surface area contributed by atoms with Crippen LogP contribution in [0.15, 0.2) is 42.5 Å². The fourth-order valence-electron chi connectivity index (χ4n) is 3.19. The van der Waals surface area contributed by atoms with Gasteiger partial charge in [0.15, 0.2) is 11.5 Å². The summed E-state index contributed by atoms with van der Waals surface area (Å²) >= 11 is 0. The van der Waals surface area contributed by atoms with E-state index in [0.29, 0.717) is 18.7 Å². The van der Waals surface area contributed by atoms with Gasteiger partial charge in [-0.3, -0.25) is 4.79 Å². The minimum Gasteiger partial charge on any atom is -0.493 e. The third-order valence-corrected chi connectivity index (χ3v) is 4.66. The van der Waals surface area contributed by atoms with Crippen LogP contribution in [-0.4, -0.2) is 19.1 Å². The van der Waals surface area contributed by atoms with E-state index in [1.54, 1.807) is 19.2 Å². The van der Waals surface area contributed by atoms with Crippen molar-refractivity contribution < 1.29 is 14.3 Å². The molecule has 138 valence electrons. The second-order valence-electron chi connectivity index (χ2n) is 6.70. The number of ether oxygens (including phenoxy) is 2. The number of carbonyl (C=O) groups excluding carboxylic acids is 1. The second-order valence-corrected chi connectivity index (χ2v) is 6.70. The normalized spacial score (nSPS) is 14.2. The molecule has 0 spiro atoms. The van der Waals surface area contributed by atoms with Crippen LogP contribution in [0.5, 0.6) is 11.5 Å². The maximum atomic E-state index is 12.2. The van der Waals surface area contributed by atoms with Crippen molar-refractivity contribution in [1.82, 2.24) is 5.32 Å². The molecule has 3 rings (SSSR count). The highest BCUT2D eigenvalue weighted by Gasteiger charge is 2.18. The first-order valence-corrected chi connectivity index (χ1v) is 9.09. The third kappa shape index (κ3) is 4.91. The molecular weight excluding hydrogens is 328 g/mol.